The fourth-order valence-electron chi connectivity index (χ4n) is 2.23. The van der Waals surface area contributed by atoms with Crippen LogP contribution in [0.3, 0.4) is 0 Å². The van der Waals surface area contributed by atoms with Crippen LogP contribution in [0.4, 0.5) is 0 Å². The minimum atomic E-state index is -3.49. The van der Waals surface area contributed by atoms with E-state index < -0.39 is 10.0 Å². The summed E-state index contributed by atoms with van der Waals surface area (Å²) in [4.78, 5) is 0.178. The highest BCUT2D eigenvalue weighted by atomic mass is 79.9. The maximum absolute atomic E-state index is 12.5. The fourth-order valence-corrected chi connectivity index (χ4v) is 4.89. The highest BCUT2D eigenvalue weighted by Crippen LogP contribution is 2.31. The van der Waals surface area contributed by atoms with Crippen molar-refractivity contribution in [1.29, 1.82) is 0 Å². The molecule has 18 heavy (non-hydrogen) atoms. The van der Waals surface area contributed by atoms with Gasteiger partial charge in [-0.25, -0.2) is 8.42 Å². The molecule has 1 aromatic rings. The summed E-state index contributed by atoms with van der Waals surface area (Å²) >= 11 is 3.15. The zero-order chi connectivity index (χ0) is 13.3. The van der Waals surface area contributed by atoms with Gasteiger partial charge in [-0.2, -0.15) is 4.31 Å². The predicted octanol–water partition coefficient (Wildman–Crippen LogP) is 2.06. The van der Waals surface area contributed by atoms with E-state index in [9.17, 15) is 8.42 Å². The summed E-state index contributed by atoms with van der Waals surface area (Å²) in [5, 5.41) is 0. The summed E-state index contributed by atoms with van der Waals surface area (Å²) in [5.74, 6) is 0.463. The Labute approximate surface area is 116 Å². The standard InChI is InChI=1S/C11H17BrN2O3S/c1-8-4-2-3-5-14(8)18(15,16)10-6-9(7-13)17-11(10)12/h6,8H,2-5,7,13H2,1H3. The van der Waals surface area contributed by atoms with Crippen molar-refractivity contribution in [3.63, 3.8) is 0 Å². The largest absolute Gasteiger partial charge is 0.452 e. The molecular weight excluding hydrogens is 320 g/mol. The average molecular weight is 337 g/mol. The van der Waals surface area contributed by atoms with Gasteiger partial charge in [-0.05, 0) is 35.7 Å². The van der Waals surface area contributed by atoms with Crippen LogP contribution in [0.5, 0.6) is 0 Å². The second-order valence-corrected chi connectivity index (χ2v) is 7.09. The van der Waals surface area contributed by atoms with Gasteiger partial charge < -0.3 is 10.2 Å². The van der Waals surface area contributed by atoms with Gasteiger partial charge >= 0.3 is 0 Å². The number of piperidine rings is 1. The molecule has 1 unspecified atom stereocenters. The number of furan rings is 1. The van der Waals surface area contributed by atoms with Gasteiger partial charge in [0.15, 0.2) is 4.67 Å². The molecule has 0 saturated carbocycles. The molecule has 1 atom stereocenters. The van der Waals surface area contributed by atoms with Gasteiger partial charge in [-0.15, -0.1) is 0 Å². The third-order valence-corrected chi connectivity index (χ3v) is 6.11. The van der Waals surface area contributed by atoms with Crippen molar-refractivity contribution in [1.82, 2.24) is 4.31 Å². The van der Waals surface area contributed by atoms with Gasteiger partial charge in [0.1, 0.15) is 10.7 Å². The molecule has 5 nitrogen and oxygen atoms in total. The lowest BCUT2D eigenvalue weighted by Crippen LogP contribution is -2.41. The molecule has 0 amide bonds. The monoisotopic (exact) mass is 336 g/mol. The van der Waals surface area contributed by atoms with Crippen LogP contribution >= 0.6 is 15.9 Å². The van der Waals surface area contributed by atoms with Crippen molar-refractivity contribution in [2.24, 2.45) is 5.73 Å². The van der Waals surface area contributed by atoms with E-state index in [0.717, 1.165) is 19.3 Å². The Balaban J connectivity index is 2.37. The summed E-state index contributed by atoms with van der Waals surface area (Å²) in [6, 6.07) is 1.53. The average Bonchev–Trinajstić information content (AvgIpc) is 2.71. The van der Waals surface area contributed by atoms with E-state index in [1.807, 2.05) is 6.92 Å². The van der Waals surface area contributed by atoms with E-state index in [1.165, 1.54) is 6.07 Å². The number of hydrogen-bond donors (Lipinski definition) is 1. The quantitative estimate of drug-likeness (QED) is 0.916. The van der Waals surface area contributed by atoms with Crippen molar-refractivity contribution < 1.29 is 12.8 Å². The van der Waals surface area contributed by atoms with Crippen molar-refractivity contribution in [2.75, 3.05) is 6.54 Å². The number of nitrogens with two attached hydrogens (primary N) is 1. The highest BCUT2D eigenvalue weighted by molar-refractivity contribution is 9.10. The minimum Gasteiger partial charge on any atom is -0.452 e. The van der Waals surface area contributed by atoms with Gasteiger partial charge in [-0.1, -0.05) is 6.42 Å². The van der Waals surface area contributed by atoms with Crippen LogP contribution in [-0.4, -0.2) is 25.3 Å². The lowest BCUT2D eigenvalue weighted by Gasteiger charge is -2.31. The molecule has 7 heteroatoms. The molecule has 1 aliphatic rings. The van der Waals surface area contributed by atoms with Crippen LogP contribution < -0.4 is 5.73 Å². The number of hydrogen-bond acceptors (Lipinski definition) is 4. The summed E-state index contributed by atoms with van der Waals surface area (Å²) in [5.41, 5.74) is 5.46. The molecular formula is C11H17BrN2O3S. The molecule has 2 rings (SSSR count). The Kier molecular flexibility index (Phi) is 4.15. The van der Waals surface area contributed by atoms with Gasteiger partial charge in [-0.3, -0.25) is 0 Å². The molecule has 1 saturated heterocycles. The SMILES string of the molecule is CC1CCCCN1S(=O)(=O)c1cc(CN)oc1Br. The number of sulfonamides is 1. The van der Waals surface area contributed by atoms with E-state index >= 15 is 0 Å². The first-order chi connectivity index (χ1) is 8.46. The maximum atomic E-state index is 12.5. The maximum Gasteiger partial charge on any atom is 0.247 e. The van der Waals surface area contributed by atoms with E-state index in [4.69, 9.17) is 10.2 Å². The normalized spacial score (nSPS) is 22.3. The Hall–Kier alpha value is -0.370. The summed E-state index contributed by atoms with van der Waals surface area (Å²) in [6.45, 7) is 2.69. The third-order valence-electron chi connectivity index (χ3n) is 3.24. The predicted molar refractivity (Wildman–Crippen MR) is 71.5 cm³/mol. The van der Waals surface area contributed by atoms with Crippen molar-refractivity contribution in [3.8, 4) is 0 Å². The van der Waals surface area contributed by atoms with Gasteiger partial charge in [0.2, 0.25) is 10.0 Å². The van der Waals surface area contributed by atoms with Gasteiger partial charge in [0.25, 0.3) is 0 Å². The summed E-state index contributed by atoms with van der Waals surface area (Å²) in [6.07, 6.45) is 2.88. The third kappa shape index (κ3) is 2.49. The van der Waals surface area contributed by atoms with Crippen molar-refractivity contribution in [2.45, 2.75) is 43.7 Å². The number of halogens is 1. The summed E-state index contributed by atoms with van der Waals surface area (Å²) < 4.78 is 32.1. The molecule has 1 aromatic heterocycles. The van der Waals surface area contributed by atoms with Crippen molar-refractivity contribution in [3.05, 3.63) is 16.5 Å². The molecule has 0 spiro atoms. The van der Waals surface area contributed by atoms with Crippen LogP contribution in [0.2, 0.25) is 0 Å². The molecule has 1 aliphatic heterocycles. The molecule has 2 heterocycles. The molecule has 102 valence electrons. The highest BCUT2D eigenvalue weighted by Gasteiger charge is 2.34. The van der Waals surface area contributed by atoms with Gasteiger partial charge in [0.05, 0.1) is 6.54 Å². The fraction of sp³-hybridized carbons (Fsp3) is 0.636. The Morgan fingerprint density at radius 2 is 2.28 bits per heavy atom. The summed E-state index contributed by atoms with van der Waals surface area (Å²) in [7, 11) is -3.49. The number of rotatable bonds is 3. The second kappa shape index (κ2) is 5.32. The van der Waals surface area contributed by atoms with Crippen LogP contribution in [0.25, 0.3) is 0 Å². The van der Waals surface area contributed by atoms with Crippen molar-refractivity contribution >= 4 is 26.0 Å². The molecule has 2 N–H and O–H groups in total. The van der Waals surface area contributed by atoms with Crippen LogP contribution in [0.1, 0.15) is 31.9 Å². The van der Waals surface area contributed by atoms with Gasteiger partial charge in [0, 0.05) is 18.7 Å². The second-order valence-electron chi connectivity index (χ2n) is 4.52. The first-order valence-corrected chi connectivity index (χ1v) is 8.20. The van der Waals surface area contributed by atoms with Crippen LogP contribution in [0.15, 0.2) is 20.0 Å². The molecule has 0 radical (unpaired) electrons. The topological polar surface area (TPSA) is 76.5 Å². The minimum absolute atomic E-state index is 0.0341. The zero-order valence-electron chi connectivity index (χ0n) is 10.2. The Bertz CT molecular complexity index is 526. The lowest BCUT2D eigenvalue weighted by atomic mass is 10.1. The zero-order valence-corrected chi connectivity index (χ0v) is 12.6. The van der Waals surface area contributed by atoms with E-state index in [2.05, 4.69) is 15.9 Å². The lowest BCUT2D eigenvalue weighted by molar-refractivity contribution is 0.268. The molecule has 1 fully saturated rings. The Morgan fingerprint density at radius 3 is 2.83 bits per heavy atom. The Morgan fingerprint density at radius 1 is 1.56 bits per heavy atom. The molecule has 0 aliphatic carbocycles. The first-order valence-electron chi connectivity index (χ1n) is 5.97. The molecule has 0 bridgehead atoms. The van der Waals surface area contributed by atoms with Crippen LogP contribution in [0, 0.1) is 0 Å². The van der Waals surface area contributed by atoms with E-state index in [0.29, 0.717) is 12.3 Å². The van der Waals surface area contributed by atoms with Crippen LogP contribution in [-0.2, 0) is 16.6 Å². The van der Waals surface area contributed by atoms with E-state index in [-0.39, 0.29) is 22.2 Å². The first kappa shape index (κ1) is 14.0. The number of nitrogens with zero attached hydrogens (tertiary/aromatic N) is 1. The van der Waals surface area contributed by atoms with E-state index in [1.54, 1.807) is 4.31 Å². The molecule has 0 aromatic carbocycles. The smallest absolute Gasteiger partial charge is 0.247 e.